The smallest absolute Gasteiger partial charge is 0.276 e. The molecule has 0 aliphatic carbocycles. The van der Waals surface area contributed by atoms with E-state index < -0.39 is 0 Å². The van der Waals surface area contributed by atoms with Crippen molar-refractivity contribution in [1.82, 2.24) is 20.1 Å². The van der Waals surface area contributed by atoms with Crippen LogP contribution in [0.15, 0.2) is 16.9 Å². The van der Waals surface area contributed by atoms with Crippen LogP contribution in [-0.4, -0.2) is 32.5 Å². The fourth-order valence-electron chi connectivity index (χ4n) is 2.61. The summed E-state index contributed by atoms with van der Waals surface area (Å²) in [6.07, 6.45) is 5.15. The Morgan fingerprint density at radius 2 is 2.37 bits per heavy atom. The van der Waals surface area contributed by atoms with Crippen molar-refractivity contribution in [3.8, 4) is 0 Å². The van der Waals surface area contributed by atoms with Gasteiger partial charge >= 0.3 is 0 Å². The van der Waals surface area contributed by atoms with E-state index >= 15 is 0 Å². The number of nitrogens with zero attached hydrogens (tertiary/aromatic N) is 3. The number of aryl methyl sites for hydroxylation is 2. The summed E-state index contributed by atoms with van der Waals surface area (Å²) >= 11 is 0. The standard InChI is InChI=1S/C13H16N4O2/c1-8-6-14-16-12(8)11-4-3-5-17(11)13(18)10-7-19-9(2)15-10/h6-7,11H,3-5H2,1-2H3,(H,14,16)/t11-/m1/s1. The van der Waals surface area contributed by atoms with Crippen molar-refractivity contribution in [2.75, 3.05) is 6.54 Å². The molecule has 3 heterocycles. The molecule has 0 spiro atoms. The Morgan fingerprint density at radius 3 is 3.00 bits per heavy atom. The molecule has 3 rings (SSSR count). The van der Waals surface area contributed by atoms with E-state index in [-0.39, 0.29) is 11.9 Å². The second-order valence-electron chi connectivity index (χ2n) is 4.88. The predicted octanol–water partition coefficient (Wildman–Crippen LogP) is 1.99. The van der Waals surface area contributed by atoms with E-state index in [1.54, 1.807) is 13.1 Å². The Kier molecular flexibility index (Phi) is 2.85. The largest absolute Gasteiger partial charge is 0.448 e. The highest BCUT2D eigenvalue weighted by Gasteiger charge is 2.33. The maximum absolute atomic E-state index is 12.4. The predicted molar refractivity (Wildman–Crippen MR) is 67.6 cm³/mol. The summed E-state index contributed by atoms with van der Waals surface area (Å²) in [5.74, 6) is 0.435. The Balaban J connectivity index is 1.88. The van der Waals surface area contributed by atoms with Gasteiger partial charge in [-0.15, -0.1) is 0 Å². The molecule has 1 amide bonds. The normalized spacial score (nSPS) is 19.1. The number of aromatic amines is 1. The van der Waals surface area contributed by atoms with Gasteiger partial charge in [0.1, 0.15) is 6.26 Å². The first-order valence-corrected chi connectivity index (χ1v) is 6.40. The summed E-state index contributed by atoms with van der Waals surface area (Å²) < 4.78 is 5.12. The zero-order valence-electron chi connectivity index (χ0n) is 11.0. The van der Waals surface area contributed by atoms with E-state index in [4.69, 9.17) is 4.42 Å². The Bertz CT molecular complexity index is 601. The second-order valence-corrected chi connectivity index (χ2v) is 4.88. The summed E-state index contributed by atoms with van der Waals surface area (Å²) in [6, 6.07) is 0.0620. The fraction of sp³-hybridized carbons (Fsp3) is 0.462. The molecule has 1 N–H and O–H groups in total. The van der Waals surface area contributed by atoms with E-state index in [1.165, 1.54) is 6.26 Å². The van der Waals surface area contributed by atoms with Gasteiger partial charge in [-0.1, -0.05) is 0 Å². The van der Waals surface area contributed by atoms with Crippen molar-refractivity contribution in [3.05, 3.63) is 35.3 Å². The SMILES string of the molecule is Cc1nc(C(=O)N2CCC[C@@H]2c2[nH]ncc2C)co1. The molecule has 1 fully saturated rings. The van der Waals surface area contributed by atoms with Gasteiger partial charge in [0, 0.05) is 13.5 Å². The first-order chi connectivity index (χ1) is 9.16. The molecule has 1 atom stereocenters. The van der Waals surface area contributed by atoms with Crippen LogP contribution in [0.5, 0.6) is 0 Å². The molecular formula is C13H16N4O2. The molecule has 1 aliphatic heterocycles. The summed E-state index contributed by atoms with van der Waals surface area (Å²) in [5.41, 5.74) is 2.48. The summed E-state index contributed by atoms with van der Waals surface area (Å²) in [6.45, 7) is 4.48. The molecule has 19 heavy (non-hydrogen) atoms. The first-order valence-electron chi connectivity index (χ1n) is 6.40. The molecule has 0 unspecified atom stereocenters. The van der Waals surface area contributed by atoms with Crippen molar-refractivity contribution in [2.45, 2.75) is 32.7 Å². The summed E-state index contributed by atoms with van der Waals surface area (Å²) in [4.78, 5) is 18.4. The van der Waals surface area contributed by atoms with E-state index in [2.05, 4.69) is 15.2 Å². The molecule has 1 aliphatic rings. The Morgan fingerprint density at radius 1 is 1.53 bits per heavy atom. The van der Waals surface area contributed by atoms with Crippen LogP contribution < -0.4 is 0 Å². The summed E-state index contributed by atoms with van der Waals surface area (Å²) in [5, 5.41) is 7.04. The molecule has 6 heteroatoms. The molecule has 6 nitrogen and oxygen atoms in total. The second kappa shape index (κ2) is 4.53. The molecule has 0 saturated carbocycles. The van der Waals surface area contributed by atoms with Crippen molar-refractivity contribution in [3.63, 3.8) is 0 Å². The van der Waals surface area contributed by atoms with Crippen LogP contribution in [0.2, 0.25) is 0 Å². The molecule has 0 bridgehead atoms. The zero-order chi connectivity index (χ0) is 13.4. The molecular weight excluding hydrogens is 244 g/mol. The molecule has 1 saturated heterocycles. The van der Waals surface area contributed by atoms with E-state index in [9.17, 15) is 4.79 Å². The lowest BCUT2D eigenvalue weighted by Crippen LogP contribution is -2.31. The number of aromatic nitrogens is 3. The van der Waals surface area contributed by atoms with Gasteiger partial charge in [-0.05, 0) is 25.3 Å². The van der Waals surface area contributed by atoms with E-state index in [0.717, 1.165) is 30.6 Å². The van der Waals surface area contributed by atoms with Crippen LogP contribution in [0.25, 0.3) is 0 Å². The molecule has 2 aromatic rings. The number of oxazole rings is 1. The number of H-pyrrole nitrogens is 1. The van der Waals surface area contributed by atoms with Crippen LogP contribution in [0, 0.1) is 13.8 Å². The summed E-state index contributed by atoms with van der Waals surface area (Å²) in [7, 11) is 0. The number of rotatable bonds is 2. The van der Waals surface area contributed by atoms with Gasteiger partial charge in [-0.2, -0.15) is 5.10 Å². The van der Waals surface area contributed by atoms with Gasteiger partial charge in [0.15, 0.2) is 11.6 Å². The van der Waals surface area contributed by atoms with Gasteiger partial charge in [-0.3, -0.25) is 9.89 Å². The number of hydrogen-bond donors (Lipinski definition) is 1. The minimum Gasteiger partial charge on any atom is -0.448 e. The minimum atomic E-state index is -0.0756. The maximum atomic E-state index is 12.4. The highest BCUT2D eigenvalue weighted by atomic mass is 16.3. The topological polar surface area (TPSA) is 75.0 Å². The molecule has 0 aromatic carbocycles. The number of carbonyl (C=O) groups is 1. The monoisotopic (exact) mass is 260 g/mol. The average molecular weight is 260 g/mol. The van der Waals surface area contributed by atoms with Crippen LogP contribution in [0.1, 0.15) is 46.5 Å². The van der Waals surface area contributed by atoms with Crippen molar-refractivity contribution < 1.29 is 9.21 Å². The van der Waals surface area contributed by atoms with Gasteiger partial charge in [0.25, 0.3) is 5.91 Å². The lowest BCUT2D eigenvalue weighted by atomic mass is 10.1. The number of amides is 1. The lowest BCUT2D eigenvalue weighted by Gasteiger charge is -2.23. The molecule has 2 aromatic heterocycles. The third-order valence-corrected chi connectivity index (χ3v) is 3.55. The third-order valence-electron chi connectivity index (χ3n) is 3.55. The third kappa shape index (κ3) is 2.03. The van der Waals surface area contributed by atoms with E-state index in [0.29, 0.717) is 11.6 Å². The van der Waals surface area contributed by atoms with Gasteiger partial charge in [0.05, 0.1) is 17.9 Å². The highest BCUT2D eigenvalue weighted by Crippen LogP contribution is 2.33. The van der Waals surface area contributed by atoms with Gasteiger partial charge in [0.2, 0.25) is 0 Å². The lowest BCUT2D eigenvalue weighted by molar-refractivity contribution is 0.0726. The molecule has 0 radical (unpaired) electrons. The molecule has 100 valence electrons. The van der Waals surface area contributed by atoms with Crippen LogP contribution in [0.4, 0.5) is 0 Å². The number of likely N-dealkylation sites (tertiary alicyclic amines) is 1. The quantitative estimate of drug-likeness (QED) is 0.896. The van der Waals surface area contributed by atoms with Crippen LogP contribution in [-0.2, 0) is 0 Å². The number of hydrogen-bond acceptors (Lipinski definition) is 4. The Labute approximate surface area is 110 Å². The van der Waals surface area contributed by atoms with Gasteiger partial charge < -0.3 is 9.32 Å². The first kappa shape index (κ1) is 12.0. The number of nitrogens with one attached hydrogen (secondary N) is 1. The van der Waals surface area contributed by atoms with Gasteiger partial charge in [-0.25, -0.2) is 4.98 Å². The minimum absolute atomic E-state index is 0.0620. The maximum Gasteiger partial charge on any atom is 0.276 e. The average Bonchev–Trinajstić information content (AvgIpc) is 3.07. The van der Waals surface area contributed by atoms with Crippen molar-refractivity contribution in [2.24, 2.45) is 0 Å². The van der Waals surface area contributed by atoms with Crippen molar-refractivity contribution in [1.29, 1.82) is 0 Å². The van der Waals surface area contributed by atoms with Crippen LogP contribution in [0.3, 0.4) is 0 Å². The highest BCUT2D eigenvalue weighted by molar-refractivity contribution is 5.92. The van der Waals surface area contributed by atoms with Crippen molar-refractivity contribution >= 4 is 5.91 Å². The van der Waals surface area contributed by atoms with E-state index in [1.807, 2.05) is 11.8 Å². The van der Waals surface area contributed by atoms with Crippen LogP contribution >= 0.6 is 0 Å². The number of carbonyl (C=O) groups excluding carboxylic acids is 1. The Hall–Kier alpha value is -2.11. The zero-order valence-corrected chi connectivity index (χ0v) is 11.0. The fourth-order valence-corrected chi connectivity index (χ4v) is 2.61.